The molecule has 0 fully saturated rings. The second kappa shape index (κ2) is 9.47. The van der Waals surface area contributed by atoms with E-state index in [-0.39, 0.29) is 43.2 Å². The Morgan fingerprint density at radius 3 is 2.87 bits per heavy atom. The van der Waals surface area contributed by atoms with Crippen LogP contribution < -0.4 is 10.1 Å². The average molecular weight is 429 g/mol. The Labute approximate surface area is 177 Å². The zero-order valence-corrected chi connectivity index (χ0v) is 17.1. The number of alkyl halides is 2. The SMILES string of the molecule is Cc1cc(C(C)N2Cc3c(ccnc3CC(=O)NCC#N)C2=O)cnc1OCC(F)F. The molecule has 2 aromatic heterocycles. The number of carbonyl (C=O) groups excluding carboxylic acids is 2. The van der Waals surface area contributed by atoms with Crippen LogP contribution >= 0.6 is 0 Å². The maximum absolute atomic E-state index is 13.0. The second-order valence-electron chi connectivity index (χ2n) is 7.10. The lowest BCUT2D eigenvalue weighted by Gasteiger charge is -2.25. The summed E-state index contributed by atoms with van der Waals surface area (Å²) in [5, 5.41) is 11.1. The predicted molar refractivity (Wildman–Crippen MR) is 105 cm³/mol. The number of ether oxygens (including phenoxy) is 1. The van der Waals surface area contributed by atoms with Gasteiger partial charge in [0.1, 0.15) is 6.54 Å². The van der Waals surface area contributed by atoms with E-state index in [0.29, 0.717) is 22.4 Å². The van der Waals surface area contributed by atoms with Crippen LogP contribution in [0, 0.1) is 18.3 Å². The van der Waals surface area contributed by atoms with Crippen molar-refractivity contribution in [3.8, 4) is 11.9 Å². The van der Waals surface area contributed by atoms with Crippen molar-refractivity contribution in [1.29, 1.82) is 5.26 Å². The molecule has 0 bridgehead atoms. The molecule has 0 saturated heterocycles. The minimum Gasteiger partial charge on any atom is -0.471 e. The molecule has 3 rings (SSSR count). The molecule has 2 aromatic rings. The summed E-state index contributed by atoms with van der Waals surface area (Å²) in [6.07, 6.45) is 0.365. The highest BCUT2D eigenvalue weighted by Gasteiger charge is 2.34. The Balaban J connectivity index is 1.77. The van der Waals surface area contributed by atoms with Crippen LogP contribution in [0.2, 0.25) is 0 Å². The number of fused-ring (bicyclic) bond motifs is 1. The van der Waals surface area contributed by atoms with E-state index in [4.69, 9.17) is 10.00 Å². The molecular weight excluding hydrogens is 408 g/mol. The average Bonchev–Trinajstić information content (AvgIpc) is 3.08. The number of hydrogen-bond donors (Lipinski definition) is 1. The van der Waals surface area contributed by atoms with E-state index in [1.165, 1.54) is 12.4 Å². The van der Waals surface area contributed by atoms with Crippen LogP contribution in [-0.4, -0.2) is 46.3 Å². The first-order valence-electron chi connectivity index (χ1n) is 9.60. The number of aromatic nitrogens is 2. The lowest BCUT2D eigenvalue weighted by molar-refractivity contribution is -0.120. The van der Waals surface area contributed by atoms with E-state index in [9.17, 15) is 18.4 Å². The molecule has 0 aliphatic carbocycles. The maximum atomic E-state index is 13.0. The molecule has 1 unspecified atom stereocenters. The fourth-order valence-corrected chi connectivity index (χ4v) is 3.41. The van der Waals surface area contributed by atoms with Crippen LogP contribution in [-0.2, 0) is 17.8 Å². The van der Waals surface area contributed by atoms with Gasteiger partial charge in [0.15, 0.2) is 6.61 Å². The minimum atomic E-state index is -2.59. The number of aryl methyl sites for hydroxylation is 1. The van der Waals surface area contributed by atoms with Crippen molar-refractivity contribution in [2.24, 2.45) is 0 Å². The van der Waals surface area contributed by atoms with E-state index in [2.05, 4.69) is 15.3 Å². The summed E-state index contributed by atoms with van der Waals surface area (Å²) in [6, 6.07) is 4.86. The smallest absolute Gasteiger partial charge is 0.272 e. The number of halogens is 2. The largest absolute Gasteiger partial charge is 0.471 e. The van der Waals surface area contributed by atoms with Crippen LogP contribution in [0.15, 0.2) is 24.5 Å². The summed E-state index contributed by atoms with van der Waals surface area (Å²) in [5.41, 5.74) is 2.95. The van der Waals surface area contributed by atoms with Gasteiger partial charge < -0.3 is 15.0 Å². The van der Waals surface area contributed by atoms with Crippen molar-refractivity contribution in [2.45, 2.75) is 39.3 Å². The van der Waals surface area contributed by atoms with E-state index >= 15 is 0 Å². The van der Waals surface area contributed by atoms with Gasteiger partial charge in [0.2, 0.25) is 11.8 Å². The molecule has 2 amide bonds. The van der Waals surface area contributed by atoms with Crippen LogP contribution in [0.3, 0.4) is 0 Å². The number of hydrogen-bond acceptors (Lipinski definition) is 6. The second-order valence-corrected chi connectivity index (χ2v) is 7.10. The molecule has 0 radical (unpaired) electrons. The maximum Gasteiger partial charge on any atom is 0.272 e. The predicted octanol–water partition coefficient (Wildman–Crippen LogP) is 2.33. The van der Waals surface area contributed by atoms with Gasteiger partial charge >= 0.3 is 0 Å². The first kappa shape index (κ1) is 22.1. The third-order valence-electron chi connectivity index (χ3n) is 5.00. The number of amides is 2. The first-order valence-corrected chi connectivity index (χ1v) is 9.60. The van der Waals surface area contributed by atoms with Gasteiger partial charge in [-0.3, -0.25) is 14.6 Å². The zero-order valence-electron chi connectivity index (χ0n) is 17.1. The Morgan fingerprint density at radius 1 is 1.42 bits per heavy atom. The van der Waals surface area contributed by atoms with Crippen molar-refractivity contribution in [1.82, 2.24) is 20.2 Å². The molecule has 1 aliphatic heterocycles. The summed E-state index contributed by atoms with van der Waals surface area (Å²) in [6.45, 7) is 2.98. The third kappa shape index (κ3) is 4.94. The highest BCUT2D eigenvalue weighted by molar-refractivity contribution is 5.99. The summed E-state index contributed by atoms with van der Waals surface area (Å²) < 4.78 is 29.7. The van der Waals surface area contributed by atoms with Crippen LogP contribution in [0.25, 0.3) is 0 Å². The number of pyridine rings is 2. The Hall–Kier alpha value is -3.61. The molecule has 0 aromatic carbocycles. The van der Waals surface area contributed by atoms with E-state index in [1.54, 1.807) is 24.0 Å². The molecule has 3 heterocycles. The quantitative estimate of drug-likeness (QED) is 0.646. The molecule has 31 heavy (non-hydrogen) atoms. The molecular formula is C21H21F2N5O3. The highest BCUT2D eigenvalue weighted by atomic mass is 19.3. The number of nitrogens with zero attached hydrogens (tertiary/aromatic N) is 4. The van der Waals surface area contributed by atoms with Crippen molar-refractivity contribution < 1.29 is 23.1 Å². The summed E-state index contributed by atoms with van der Waals surface area (Å²) in [5.74, 6) is -0.415. The van der Waals surface area contributed by atoms with Gasteiger partial charge in [-0.2, -0.15) is 5.26 Å². The Morgan fingerprint density at radius 2 is 2.19 bits per heavy atom. The van der Waals surface area contributed by atoms with Crippen molar-refractivity contribution in [2.75, 3.05) is 13.2 Å². The highest BCUT2D eigenvalue weighted by Crippen LogP contribution is 2.33. The van der Waals surface area contributed by atoms with Gasteiger partial charge in [-0.05, 0) is 31.5 Å². The van der Waals surface area contributed by atoms with Gasteiger partial charge in [0.05, 0.1) is 24.2 Å². The summed E-state index contributed by atoms with van der Waals surface area (Å²) >= 11 is 0. The number of rotatable bonds is 8. The van der Waals surface area contributed by atoms with E-state index in [1.807, 2.05) is 13.0 Å². The first-order chi connectivity index (χ1) is 14.8. The lowest BCUT2D eigenvalue weighted by Crippen LogP contribution is -2.27. The molecule has 0 spiro atoms. The third-order valence-corrected chi connectivity index (χ3v) is 5.00. The van der Waals surface area contributed by atoms with Gasteiger partial charge in [0.25, 0.3) is 12.3 Å². The van der Waals surface area contributed by atoms with Crippen molar-refractivity contribution in [3.05, 3.63) is 52.5 Å². The summed E-state index contributed by atoms with van der Waals surface area (Å²) in [4.78, 5) is 35.0. The van der Waals surface area contributed by atoms with Gasteiger partial charge in [-0.1, -0.05) is 0 Å². The van der Waals surface area contributed by atoms with Crippen LogP contribution in [0.1, 0.15) is 45.7 Å². The Kier molecular flexibility index (Phi) is 6.74. The van der Waals surface area contributed by atoms with Crippen LogP contribution in [0.5, 0.6) is 5.88 Å². The van der Waals surface area contributed by atoms with Crippen molar-refractivity contribution >= 4 is 11.8 Å². The normalized spacial score (nSPS) is 13.7. The monoisotopic (exact) mass is 429 g/mol. The molecule has 1 atom stereocenters. The number of nitriles is 1. The molecule has 0 saturated carbocycles. The Bertz CT molecular complexity index is 1040. The fraction of sp³-hybridized carbons (Fsp3) is 0.381. The van der Waals surface area contributed by atoms with Gasteiger partial charge in [-0.25, -0.2) is 13.8 Å². The molecule has 1 N–H and O–H groups in total. The summed E-state index contributed by atoms with van der Waals surface area (Å²) in [7, 11) is 0. The number of carbonyl (C=O) groups is 2. The van der Waals surface area contributed by atoms with Crippen LogP contribution in [0.4, 0.5) is 8.78 Å². The van der Waals surface area contributed by atoms with E-state index in [0.717, 1.165) is 5.56 Å². The number of nitrogens with one attached hydrogen (secondary N) is 1. The van der Waals surface area contributed by atoms with E-state index < -0.39 is 13.0 Å². The molecule has 1 aliphatic rings. The topological polar surface area (TPSA) is 108 Å². The molecule has 8 nitrogen and oxygen atoms in total. The van der Waals surface area contributed by atoms with Gasteiger partial charge in [0, 0.05) is 35.6 Å². The minimum absolute atomic E-state index is 0.0306. The molecule has 10 heteroatoms. The lowest BCUT2D eigenvalue weighted by atomic mass is 10.1. The van der Waals surface area contributed by atoms with Gasteiger partial charge in [-0.15, -0.1) is 0 Å². The van der Waals surface area contributed by atoms with Crippen molar-refractivity contribution in [3.63, 3.8) is 0 Å². The fourth-order valence-electron chi connectivity index (χ4n) is 3.41. The zero-order chi connectivity index (χ0) is 22.5. The molecule has 162 valence electrons. The standard InChI is InChI=1S/C21H21F2N5O3/c1-12-7-14(9-27-20(12)31-11-18(22)23)13(2)28-10-16-15(21(28)30)3-5-25-17(16)8-19(29)26-6-4-24/h3,5,7,9,13,18H,6,8,10-11H2,1-2H3,(H,26,29).